The molecule has 0 saturated carbocycles. The highest BCUT2D eigenvalue weighted by molar-refractivity contribution is 5.85. The maximum absolute atomic E-state index is 12.3. The number of carbonyl (C=O) groups is 1. The van der Waals surface area contributed by atoms with E-state index in [0.29, 0.717) is 13.1 Å². The van der Waals surface area contributed by atoms with Crippen molar-refractivity contribution < 1.29 is 4.79 Å². The second kappa shape index (κ2) is 7.42. The summed E-state index contributed by atoms with van der Waals surface area (Å²) in [5, 5.41) is 2.97. The van der Waals surface area contributed by atoms with Gasteiger partial charge in [-0.3, -0.25) is 18.7 Å². The number of nitrogens with one attached hydrogen (secondary N) is 1. The highest BCUT2D eigenvalue weighted by Crippen LogP contribution is 2.05. The Morgan fingerprint density at radius 2 is 1.96 bits per heavy atom. The Morgan fingerprint density at radius 3 is 2.57 bits per heavy atom. The molecular formula is C13H21ClN6O3. The number of likely N-dealkylation sites (N-methyl/N-ethyl adjacent to an activating group) is 2. The Morgan fingerprint density at radius 1 is 1.30 bits per heavy atom. The van der Waals surface area contributed by atoms with Crippen LogP contribution in [0.2, 0.25) is 0 Å². The number of rotatable bonds is 5. The second-order valence-electron chi connectivity index (χ2n) is 5.17. The molecule has 0 aliphatic carbocycles. The molecule has 0 aromatic carbocycles. The number of nitrogens with zero attached hydrogens (tertiary/aromatic N) is 5. The van der Waals surface area contributed by atoms with Gasteiger partial charge in [-0.05, 0) is 7.05 Å². The predicted octanol–water partition coefficient (Wildman–Crippen LogP) is -1.47. The van der Waals surface area contributed by atoms with Crippen LogP contribution < -0.4 is 16.6 Å². The SMILES string of the molecule is CNCCN(C)C(=O)Cn1cnc2c1c(=O)n(C)c(=O)n2C.Cl. The Kier molecular flexibility index (Phi) is 6.11. The summed E-state index contributed by atoms with van der Waals surface area (Å²) >= 11 is 0. The smallest absolute Gasteiger partial charge is 0.332 e. The van der Waals surface area contributed by atoms with Crippen LogP contribution in [0.15, 0.2) is 15.9 Å². The van der Waals surface area contributed by atoms with Gasteiger partial charge in [-0.2, -0.15) is 0 Å². The van der Waals surface area contributed by atoms with E-state index < -0.39 is 11.2 Å². The molecule has 1 N–H and O–H groups in total. The monoisotopic (exact) mass is 344 g/mol. The first-order valence-corrected chi connectivity index (χ1v) is 6.88. The molecular weight excluding hydrogens is 324 g/mol. The average Bonchev–Trinajstić information content (AvgIpc) is 2.92. The number of fused-ring (bicyclic) bond motifs is 1. The van der Waals surface area contributed by atoms with Crippen LogP contribution in [0.1, 0.15) is 0 Å². The number of halogens is 1. The van der Waals surface area contributed by atoms with E-state index in [-0.39, 0.29) is 36.0 Å². The van der Waals surface area contributed by atoms with Gasteiger partial charge >= 0.3 is 5.69 Å². The van der Waals surface area contributed by atoms with Crippen molar-refractivity contribution in [3.05, 3.63) is 27.2 Å². The maximum Gasteiger partial charge on any atom is 0.332 e. The van der Waals surface area contributed by atoms with Crippen LogP contribution in [0.25, 0.3) is 11.2 Å². The molecule has 2 aromatic heterocycles. The predicted molar refractivity (Wildman–Crippen MR) is 89.0 cm³/mol. The van der Waals surface area contributed by atoms with E-state index in [9.17, 15) is 14.4 Å². The van der Waals surface area contributed by atoms with Gasteiger partial charge in [0.2, 0.25) is 5.91 Å². The van der Waals surface area contributed by atoms with Crippen molar-refractivity contribution in [2.75, 3.05) is 27.2 Å². The zero-order valence-corrected chi connectivity index (χ0v) is 14.4. The van der Waals surface area contributed by atoms with Crippen LogP contribution in [-0.4, -0.2) is 56.7 Å². The minimum absolute atomic E-state index is 0. The molecule has 0 aliphatic heterocycles. The fourth-order valence-corrected chi connectivity index (χ4v) is 2.19. The lowest BCUT2D eigenvalue weighted by Gasteiger charge is -2.17. The molecule has 0 aliphatic rings. The van der Waals surface area contributed by atoms with Gasteiger partial charge in [0.15, 0.2) is 11.2 Å². The van der Waals surface area contributed by atoms with Crippen molar-refractivity contribution in [2.45, 2.75) is 6.54 Å². The standard InChI is InChI=1S/C13H20N6O3.ClH/c1-14-5-6-16(2)9(20)7-19-8-15-11-10(19)12(21)18(4)13(22)17(11)3;/h8,14H,5-7H2,1-4H3;1H. The van der Waals surface area contributed by atoms with Crippen molar-refractivity contribution in [2.24, 2.45) is 14.1 Å². The van der Waals surface area contributed by atoms with Gasteiger partial charge in [0.1, 0.15) is 6.54 Å². The minimum atomic E-state index is -0.457. The molecule has 10 heteroatoms. The molecule has 0 saturated heterocycles. The molecule has 9 nitrogen and oxygen atoms in total. The fraction of sp³-hybridized carbons (Fsp3) is 0.538. The molecule has 2 aromatic rings. The van der Waals surface area contributed by atoms with Crippen molar-refractivity contribution >= 4 is 29.5 Å². The number of imidazole rings is 1. The van der Waals surface area contributed by atoms with Gasteiger partial charge in [0.25, 0.3) is 5.56 Å². The van der Waals surface area contributed by atoms with Crippen molar-refractivity contribution in [1.29, 1.82) is 0 Å². The van der Waals surface area contributed by atoms with Crippen LogP contribution in [0, 0.1) is 0 Å². The van der Waals surface area contributed by atoms with Gasteiger partial charge in [-0.25, -0.2) is 9.78 Å². The quantitative estimate of drug-likeness (QED) is 0.715. The van der Waals surface area contributed by atoms with Crippen LogP contribution in [0.4, 0.5) is 0 Å². The lowest BCUT2D eigenvalue weighted by molar-refractivity contribution is -0.130. The number of carbonyl (C=O) groups excluding carboxylic acids is 1. The van der Waals surface area contributed by atoms with Crippen LogP contribution >= 0.6 is 12.4 Å². The van der Waals surface area contributed by atoms with Crippen LogP contribution in [0.3, 0.4) is 0 Å². The second-order valence-corrected chi connectivity index (χ2v) is 5.17. The molecule has 128 valence electrons. The van der Waals surface area contributed by atoms with Crippen molar-refractivity contribution in [3.63, 3.8) is 0 Å². The zero-order valence-electron chi connectivity index (χ0n) is 13.6. The molecule has 23 heavy (non-hydrogen) atoms. The lowest BCUT2D eigenvalue weighted by Crippen LogP contribution is -2.38. The summed E-state index contributed by atoms with van der Waals surface area (Å²) in [6.07, 6.45) is 1.41. The summed E-state index contributed by atoms with van der Waals surface area (Å²) in [5.74, 6) is -0.134. The first-order valence-electron chi connectivity index (χ1n) is 6.88. The molecule has 2 rings (SSSR count). The third kappa shape index (κ3) is 3.45. The van der Waals surface area contributed by atoms with Gasteiger partial charge in [0.05, 0.1) is 6.33 Å². The number of aromatic nitrogens is 4. The van der Waals surface area contributed by atoms with Crippen LogP contribution in [0.5, 0.6) is 0 Å². The molecule has 0 bridgehead atoms. The lowest BCUT2D eigenvalue weighted by atomic mass is 10.4. The average molecular weight is 345 g/mol. The molecule has 0 unspecified atom stereocenters. The number of hydrogen-bond acceptors (Lipinski definition) is 5. The van der Waals surface area contributed by atoms with Crippen molar-refractivity contribution in [1.82, 2.24) is 28.9 Å². The Hall–Kier alpha value is -2.13. The van der Waals surface area contributed by atoms with Gasteiger partial charge in [-0.15, -0.1) is 12.4 Å². The van der Waals surface area contributed by atoms with Gasteiger partial charge in [0, 0.05) is 34.2 Å². The minimum Gasteiger partial charge on any atom is -0.343 e. The van der Waals surface area contributed by atoms with Gasteiger partial charge < -0.3 is 14.8 Å². The maximum atomic E-state index is 12.3. The summed E-state index contributed by atoms with van der Waals surface area (Å²) in [4.78, 5) is 42.0. The summed E-state index contributed by atoms with van der Waals surface area (Å²) in [7, 11) is 6.46. The molecule has 1 amide bonds. The molecule has 0 fully saturated rings. The summed E-state index contributed by atoms with van der Waals surface area (Å²) in [5.41, 5.74) is -0.375. The Bertz CT molecular complexity index is 821. The number of amides is 1. The third-order valence-electron chi connectivity index (χ3n) is 3.65. The third-order valence-corrected chi connectivity index (χ3v) is 3.65. The Labute approximate surface area is 138 Å². The Balaban J connectivity index is 0.00000264. The summed E-state index contributed by atoms with van der Waals surface area (Å²) in [6.45, 7) is 1.26. The molecule has 0 atom stereocenters. The van der Waals surface area contributed by atoms with E-state index in [1.54, 1.807) is 19.0 Å². The molecule has 2 heterocycles. The first kappa shape index (κ1) is 18.9. The summed E-state index contributed by atoms with van der Waals surface area (Å²) in [6, 6.07) is 0. The van der Waals surface area contributed by atoms with Crippen molar-refractivity contribution in [3.8, 4) is 0 Å². The number of aryl methyl sites for hydroxylation is 1. The topological polar surface area (TPSA) is 94.2 Å². The normalized spacial score (nSPS) is 10.6. The van der Waals surface area contributed by atoms with E-state index in [1.165, 1.54) is 22.5 Å². The van der Waals surface area contributed by atoms with E-state index in [1.807, 2.05) is 7.05 Å². The fourth-order valence-electron chi connectivity index (χ4n) is 2.19. The highest BCUT2D eigenvalue weighted by atomic mass is 35.5. The van der Waals surface area contributed by atoms with E-state index in [2.05, 4.69) is 10.3 Å². The molecule has 0 spiro atoms. The van der Waals surface area contributed by atoms with E-state index in [4.69, 9.17) is 0 Å². The van der Waals surface area contributed by atoms with E-state index >= 15 is 0 Å². The molecule has 0 radical (unpaired) electrons. The largest absolute Gasteiger partial charge is 0.343 e. The van der Waals surface area contributed by atoms with E-state index in [0.717, 1.165) is 4.57 Å². The summed E-state index contributed by atoms with van der Waals surface area (Å²) < 4.78 is 3.79. The first-order chi connectivity index (χ1) is 10.4. The van der Waals surface area contributed by atoms with Crippen LogP contribution in [-0.2, 0) is 25.4 Å². The zero-order chi connectivity index (χ0) is 16.4. The van der Waals surface area contributed by atoms with Gasteiger partial charge in [-0.1, -0.05) is 0 Å². The number of hydrogen-bond donors (Lipinski definition) is 1. The highest BCUT2D eigenvalue weighted by Gasteiger charge is 2.17.